The van der Waals surface area contributed by atoms with Crippen LogP contribution in [0.1, 0.15) is 19.8 Å². The highest BCUT2D eigenvalue weighted by Crippen LogP contribution is 2.55. The third-order valence-electron chi connectivity index (χ3n) is 4.44. The normalized spacial score (nSPS) is 10.5. The highest BCUT2D eigenvalue weighted by molar-refractivity contribution is 7.95. The summed E-state index contributed by atoms with van der Waals surface area (Å²) in [5, 5.41) is 4.47. The molecule has 134 valence electrons. The average molecular weight is 397 g/mol. The van der Waals surface area contributed by atoms with Gasteiger partial charge < -0.3 is 4.80 Å². The molecule has 0 heterocycles. The summed E-state index contributed by atoms with van der Waals surface area (Å²) in [4.78, 5) is 8.83. The molecule has 26 heavy (non-hydrogen) atoms. The first-order valence-corrected chi connectivity index (χ1v) is 13.2. The van der Waals surface area contributed by atoms with Crippen molar-refractivity contribution in [1.82, 2.24) is 0 Å². The number of unbranched alkanes of at least 4 members (excludes halogenated alkanes) is 1. The molecule has 3 rings (SSSR count). The molecule has 0 fully saturated rings. The van der Waals surface area contributed by atoms with Crippen molar-refractivity contribution in [2.45, 2.75) is 19.8 Å². The second-order valence-electron chi connectivity index (χ2n) is 5.99. The van der Waals surface area contributed by atoms with E-state index >= 15 is 0 Å². The average Bonchev–Trinajstić information content (AvgIpc) is 2.72. The van der Waals surface area contributed by atoms with Crippen molar-refractivity contribution in [3.8, 4) is 0 Å². The fourth-order valence-electron chi connectivity index (χ4n) is 3.28. The molecule has 1 nitrogen and oxygen atoms in total. The minimum absolute atomic E-state index is 0.917. The van der Waals surface area contributed by atoms with E-state index in [1.807, 2.05) is 0 Å². The predicted octanol–water partition coefficient (Wildman–Crippen LogP) is 3.59. The van der Waals surface area contributed by atoms with E-state index in [9.17, 15) is 0 Å². The quantitative estimate of drug-likeness (QED) is 0.469. The molecule has 0 spiro atoms. The van der Waals surface area contributed by atoms with Crippen LogP contribution in [0.4, 0.5) is 0 Å². The van der Waals surface area contributed by atoms with Gasteiger partial charge in [0.15, 0.2) is 0 Å². The maximum Gasteiger partial charge on any atom is 0.112 e. The molecule has 0 aromatic heterocycles. The van der Waals surface area contributed by atoms with Crippen molar-refractivity contribution in [1.29, 1.82) is 0 Å². The zero-order chi connectivity index (χ0) is 18.7. The molecule has 0 aliphatic carbocycles. The lowest BCUT2D eigenvalue weighted by Crippen LogP contribution is -2.33. The van der Waals surface area contributed by atoms with Crippen LogP contribution in [0.2, 0.25) is 0 Å². The maximum atomic E-state index is 8.83. The molecule has 3 aromatic carbocycles. The number of hydrogen-bond acceptors (Lipinski definition) is 2. The second kappa shape index (κ2) is 11.1. The molecular formula is C22H25OPSSi. The first-order chi connectivity index (χ1) is 12.8. The van der Waals surface area contributed by atoms with Gasteiger partial charge in [-0.2, -0.15) is 11.6 Å². The molecule has 0 aliphatic rings. The van der Waals surface area contributed by atoms with Gasteiger partial charge in [0.1, 0.15) is 23.2 Å². The molecule has 0 aliphatic heterocycles. The number of hydrogen-bond donors (Lipinski definition) is 0. The molecule has 4 heteroatoms. The summed E-state index contributed by atoms with van der Waals surface area (Å²) in [6.45, 7) is 2.29. The van der Waals surface area contributed by atoms with Crippen LogP contribution < -0.4 is 20.7 Å². The van der Waals surface area contributed by atoms with E-state index in [1.165, 1.54) is 34.9 Å². The third kappa shape index (κ3) is 4.94. The first-order valence-electron chi connectivity index (χ1n) is 8.90. The minimum atomic E-state index is -1.57. The Labute approximate surface area is 164 Å². The Balaban J connectivity index is 0.000000758. The topological polar surface area (TPSA) is 23.1 Å². The van der Waals surface area contributed by atoms with Gasteiger partial charge >= 0.3 is 0 Å². The summed E-state index contributed by atoms with van der Waals surface area (Å²) in [5.74, 6) is 0. The molecule has 3 aromatic rings. The molecule has 0 radical (unpaired) electrons. The van der Waals surface area contributed by atoms with E-state index in [-0.39, 0.29) is 0 Å². The molecule has 0 unspecified atom stereocenters. The lowest BCUT2D eigenvalue weighted by molar-refractivity contribution is -0.171. The van der Waals surface area contributed by atoms with Crippen molar-refractivity contribution in [3.05, 3.63) is 91.0 Å². The summed E-state index contributed by atoms with van der Waals surface area (Å²) >= 11 is 3.92. The summed E-state index contributed by atoms with van der Waals surface area (Å²) in [6.07, 6.45) is 3.72. The van der Waals surface area contributed by atoms with Gasteiger partial charge in [0, 0.05) is 8.47 Å². The van der Waals surface area contributed by atoms with Crippen molar-refractivity contribution in [3.63, 3.8) is 0 Å². The van der Waals surface area contributed by atoms with Gasteiger partial charge in [-0.3, -0.25) is 0 Å². The largest absolute Gasteiger partial charge is 0.883 e. The van der Waals surface area contributed by atoms with Crippen LogP contribution in [-0.4, -0.2) is 14.6 Å². The summed E-state index contributed by atoms with van der Waals surface area (Å²) in [5.41, 5.74) is 0. The van der Waals surface area contributed by atoms with Gasteiger partial charge in [0.2, 0.25) is 0 Å². The van der Waals surface area contributed by atoms with E-state index in [4.69, 9.17) is 4.80 Å². The zero-order valence-corrected chi connectivity index (χ0v) is 18.0. The number of benzene rings is 3. The van der Waals surface area contributed by atoms with Gasteiger partial charge in [-0.05, 0) is 42.8 Å². The van der Waals surface area contributed by atoms with Crippen molar-refractivity contribution in [2.75, 3.05) is 6.16 Å². The van der Waals surface area contributed by atoms with Gasteiger partial charge in [0.25, 0.3) is 0 Å². The Morgan fingerprint density at radius 2 is 1.04 bits per heavy atom. The molecular weight excluding hydrogens is 371 g/mol. The second-order valence-corrected chi connectivity index (χ2v) is 10.4. The first kappa shape index (κ1) is 20.6. The molecule has 0 N–H and O–H groups in total. The Bertz CT molecular complexity index is 669. The Morgan fingerprint density at radius 1 is 0.731 bits per heavy atom. The summed E-state index contributed by atoms with van der Waals surface area (Å²) in [6, 6.07) is 33.4. The molecule has 0 saturated heterocycles. The van der Waals surface area contributed by atoms with Crippen LogP contribution in [0.25, 0.3) is 0 Å². The molecule has 0 atom stereocenters. The fraction of sp³-hybridized carbons (Fsp3) is 0.182. The highest BCUT2D eigenvalue weighted by Gasteiger charge is 2.44. The van der Waals surface area contributed by atoms with Gasteiger partial charge in [-0.15, -0.1) is 0 Å². The monoisotopic (exact) mass is 396 g/mol. The SMILES string of the molecule is CCCC[P+](c1ccccc1)(c1ccccc1)c1ccccc1.[O-][SiH]=S. The van der Waals surface area contributed by atoms with Crippen LogP contribution >= 0.6 is 18.9 Å². The number of rotatable bonds is 6. The fourth-order valence-corrected chi connectivity index (χ4v) is 7.78. The van der Waals surface area contributed by atoms with Gasteiger partial charge in [-0.1, -0.05) is 67.9 Å². The van der Waals surface area contributed by atoms with Crippen LogP contribution in [0, 0.1) is 0 Å². The summed E-state index contributed by atoms with van der Waals surface area (Å²) < 4.78 is 0. The molecule has 0 bridgehead atoms. The Morgan fingerprint density at radius 3 is 1.31 bits per heavy atom. The van der Waals surface area contributed by atoms with Crippen molar-refractivity contribution < 1.29 is 4.80 Å². The van der Waals surface area contributed by atoms with E-state index < -0.39 is 15.7 Å². The van der Waals surface area contributed by atoms with E-state index in [1.54, 1.807) is 0 Å². The van der Waals surface area contributed by atoms with Crippen LogP contribution in [-0.2, 0) is 0 Å². The summed E-state index contributed by atoms with van der Waals surface area (Å²) in [7, 11) is -2.49. The maximum absolute atomic E-state index is 8.83. The van der Waals surface area contributed by atoms with Gasteiger partial charge in [0.05, 0.1) is 6.16 Å². The minimum Gasteiger partial charge on any atom is -0.883 e. The van der Waals surface area contributed by atoms with E-state index in [0.29, 0.717) is 0 Å². The third-order valence-corrected chi connectivity index (χ3v) is 8.96. The van der Waals surface area contributed by atoms with E-state index in [2.05, 4.69) is 110 Å². The predicted molar refractivity (Wildman–Crippen MR) is 120 cm³/mol. The Hall–Kier alpha value is -1.67. The van der Waals surface area contributed by atoms with E-state index in [0.717, 1.165) is 0 Å². The van der Waals surface area contributed by atoms with Crippen LogP contribution in [0.5, 0.6) is 0 Å². The lowest BCUT2D eigenvalue weighted by atomic mass is 10.3. The highest BCUT2D eigenvalue weighted by atomic mass is 32.2. The molecule has 0 amide bonds. The Kier molecular flexibility index (Phi) is 8.83. The van der Waals surface area contributed by atoms with Crippen LogP contribution in [0.15, 0.2) is 91.0 Å². The molecule has 0 saturated carbocycles. The van der Waals surface area contributed by atoms with Crippen molar-refractivity contribution in [2.24, 2.45) is 0 Å². The lowest BCUT2D eigenvalue weighted by Gasteiger charge is -2.27. The van der Waals surface area contributed by atoms with Crippen molar-refractivity contribution >= 4 is 43.3 Å². The van der Waals surface area contributed by atoms with Gasteiger partial charge in [-0.25, -0.2) is 0 Å². The zero-order valence-electron chi connectivity index (χ0n) is 15.1. The smallest absolute Gasteiger partial charge is 0.112 e. The van der Waals surface area contributed by atoms with Crippen LogP contribution in [0.3, 0.4) is 0 Å². The standard InChI is InChI=1S/C22H24P.HOSSi/c1-2-3-19-23(20-13-7-4-8-14-20,21-15-9-5-10-16-21)22-17-11-6-12-18-22;1-3-2/h4-18H,2-3,19H2,1H3;3H/q+1;-1.